The molecule has 8 nitrogen and oxygen atoms in total. The second kappa shape index (κ2) is 9.21. The number of imide groups is 1. The van der Waals surface area contributed by atoms with Gasteiger partial charge in [0.25, 0.3) is 11.8 Å². The zero-order valence-corrected chi connectivity index (χ0v) is 19.0. The average Bonchev–Trinajstić information content (AvgIpc) is 3.38. The molecule has 5 rings (SSSR count). The molecule has 1 aliphatic heterocycles. The summed E-state index contributed by atoms with van der Waals surface area (Å²) in [5.41, 5.74) is 1.12. The molecule has 1 aromatic heterocycles. The van der Waals surface area contributed by atoms with Crippen LogP contribution >= 0.6 is 0 Å². The van der Waals surface area contributed by atoms with E-state index in [9.17, 15) is 23.2 Å². The molecule has 0 saturated carbocycles. The van der Waals surface area contributed by atoms with Crippen molar-refractivity contribution in [1.29, 1.82) is 0 Å². The van der Waals surface area contributed by atoms with Crippen molar-refractivity contribution in [3.63, 3.8) is 0 Å². The Balaban J connectivity index is 1.35. The molecule has 0 saturated heterocycles. The standard InChI is InChI=1S/C26H19F2N3O5/c1-2-35-17-10-8-16(9-11-17)30-23(32)18-12-7-15(13-19(18)24(30)33)25(34)36-14-22-29-20-5-3-4-6-21(20)31(22)26(27)28/h3-13,26H,2,14H2,1H3. The van der Waals surface area contributed by atoms with E-state index in [1.165, 1.54) is 24.3 Å². The number of hydrogen-bond donors (Lipinski definition) is 0. The van der Waals surface area contributed by atoms with Crippen LogP contribution in [0.4, 0.5) is 14.5 Å². The van der Waals surface area contributed by atoms with E-state index in [1.54, 1.807) is 42.5 Å². The molecule has 10 heteroatoms. The number of hydrogen-bond acceptors (Lipinski definition) is 6. The van der Waals surface area contributed by atoms with E-state index in [2.05, 4.69) is 4.98 Å². The van der Waals surface area contributed by atoms with Crippen LogP contribution in [-0.2, 0) is 11.3 Å². The molecule has 36 heavy (non-hydrogen) atoms. The number of halogens is 2. The normalized spacial score (nSPS) is 12.9. The lowest BCUT2D eigenvalue weighted by atomic mass is 10.1. The first-order valence-electron chi connectivity index (χ1n) is 11.1. The molecule has 2 amide bonds. The largest absolute Gasteiger partial charge is 0.494 e. The molecular formula is C26H19F2N3O5. The third kappa shape index (κ3) is 3.96. The van der Waals surface area contributed by atoms with Crippen molar-refractivity contribution in [2.24, 2.45) is 0 Å². The van der Waals surface area contributed by atoms with Gasteiger partial charge in [0.05, 0.1) is 40.0 Å². The fourth-order valence-corrected chi connectivity index (χ4v) is 4.09. The summed E-state index contributed by atoms with van der Waals surface area (Å²) in [5, 5.41) is 0. The van der Waals surface area contributed by atoms with Crippen molar-refractivity contribution >= 4 is 34.5 Å². The van der Waals surface area contributed by atoms with Crippen LogP contribution in [0.15, 0.2) is 66.7 Å². The highest BCUT2D eigenvalue weighted by Gasteiger charge is 2.37. The Labute approximate surface area is 203 Å². The third-order valence-corrected chi connectivity index (χ3v) is 5.72. The fraction of sp³-hybridized carbons (Fsp3) is 0.154. The first-order chi connectivity index (χ1) is 17.4. The van der Waals surface area contributed by atoms with E-state index in [1.807, 2.05) is 6.92 Å². The number of carbonyl (C=O) groups excluding carboxylic acids is 3. The molecule has 4 aromatic rings. The quantitative estimate of drug-likeness (QED) is 0.267. The third-order valence-electron chi connectivity index (χ3n) is 5.72. The minimum Gasteiger partial charge on any atom is -0.494 e. The van der Waals surface area contributed by atoms with Gasteiger partial charge >= 0.3 is 12.5 Å². The number of carbonyl (C=O) groups is 3. The van der Waals surface area contributed by atoms with Crippen molar-refractivity contribution in [3.8, 4) is 5.75 Å². The van der Waals surface area contributed by atoms with E-state index in [-0.39, 0.29) is 28.0 Å². The van der Waals surface area contributed by atoms with Crippen molar-refractivity contribution in [1.82, 2.24) is 9.55 Å². The Kier molecular flexibility index (Phi) is 5.93. The molecule has 0 N–H and O–H groups in total. The summed E-state index contributed by atoms with van der Waals surface area (Å²) in [4.78, 5) is 43.7. The lowest BCUT2D eigenvalue weighted by molar-refractivity contribution is 0.0387. The van der Waals surface area contributed by atoms with Gasteiger partial charge in [0.15, 0.2) is 5.82 Å². The summed E-state index contributed by atoms with van der Waals surface area (Å²) in [5.74, 6) is -1.47. The first kappa shape index (κ1) is 23.2. The first-order valence-corrected chi connectivity index (χ1v) is 11.1. The van der Waals surface area contributed by atoms with E-state index in [0.29, 0.717) is 28.1 Å². The minimum atomic E-state index is -2.87. The number of benzene rings is 3. The van der Waals surface area contributed by atoms with Gasteiger partial charge in [-0.2, -0.15) is 8.78 Å². The van der Waals surface area contributed by atoms with Crippen molar-refractivity contribution in [2.45, 2.75) is 20.1 Å². The number of nitrogens with zero attached hydrogens (tertiary/aromatic N) is 3. The van der Waals surface area contributed by atoms with Crippen LogP contribution in [-0.4, -0.2) is 33.9 Å². The Morgan fingerprint density at radius 2 is 1.69 bits per heavy atom. The summed E-state index contributed by atoms with van der Waals surface area (Å²) in [6, 6.07) is 16.8. The Morgan fingerprint density at radius 1 is 0.972 bits per heavy atom. The van der Waals surface area contributed by atoms with Crippen LogP contribution in [0, 0.1) is 0 Å². The number of alkyl halides is 2. The molecule has 0 atom stereocenters. The molecule has 0 bridgehead atoms. The van der Waals surface area contributed by atoms with Gasteiger partial charge in [-0.15, -0.1) is 0 Å². The van der Waals surface area contributed by atoms with Crippen LogP contribution < -0.4 is 9.64 Å². The molecule has 0 spiro atoms. The maximum Gasteiger partial charge on any atom is 0.338 e. The zero-order chi connectivity index (χ0) is 25.4. The highest BCUT2D eigenvalue weighted by Crippen LogP contribution is 2.31. The number of imidazole rings is 1. The van der Waals surface area contributed by atoms with E-state index in [0.717, 1.165) is 4.90 Å². The van der Waals surface area contributed by atoms with Gasteiger partial charge < -0.3 is 9.47 Å². The molecule has 0 fully saturated rings. The maximum atomic E-state index is 13.6. The van der Waals surface area contributed by atoms with Gasteiger partial charge in [0.2, 0.25) is 0 Å². The summed E-state index contributed by atoms with van der Waals surface area (Å²) >= 11 is 0. The topological polar surface area (TPSA) is 90.7 Å². The molecule has 3 aromatic carbocycles. The van der Waals surface area contributed by atoms with Gasteiger partial charge in [0, 0.05) is 0 Å². The van der Waals surface area contributed by atoms with E-state index in [4.69, 9.17) is 9.47 Å². The lowest BCUT2D eigenvalue weighted by Gasteiger charge is -2.14. The van der Waals surface area contributed by atoms with Gasteiger partial charge in [-0.3, -0.25) is 14.2 Å². The van der Waals surface area contributed by atoms with Gasteiger partial charge in [0.1, 0.15) is 12.4 Å². The molecule has 0 unspecified atom stereocenters. The number of rotatable bonds is 7. The molecule has 1 aliphatic rings. The second-order valence-electron chi connectivity index (χ2n) is 7.87. The highest BCUT2D eigenvalue weighted by molar-refractivity contribution is 6.34. The molecule has 2 heterocycles. The number of esters is 1. The predicted molar refractivity (Wildman–Crippen MR) is 125 cm³/mol. The average molecular weight is 491 g/mol. The molecular weight excluding hydrogens is 472 g/mol. The number of ether oxygens (including phenoxy) is 2. The van der Waals surface area contributed by atoms with E-state index >= 15 is 0 Å². The van der Waals surface area contributed by atoms with Crippen molar-refractivity contribution in [2.75, 3.05) is 11.5 Å². The van der Waals surface area contributed by atoms with Crippen LogP contribution in [0.25, 0.3) is 11.0 Å². The molecule has 0 aliphatic carbocycles. The minimum absolute atomic E-state index is 0.00292. The number of aromatic nitrogens is 2. The van der Waals surface area contributed by atoms with Gasteiger partial charge in [-0.05, 0) is 61.5 Å². The van der Waals surface area contributed by atoms with Crippen molar-refractivity contribution < 1.29 is 32.6 Å². The SMILES string of the molecule is CCOc1ccc(N2C(=O)c3ccc(C(=O)OCc4nc5ccccc5n4C(F)F)cc3C2=O)cc1. The monoisotopic (exact) mass is 491 g/mol. The summed E-state index contributed by atoms with van der Waals surface area (Å²) < 4.78 is 38.5. The van der Waals surface area contributed by atoms with E-state index < -0.39 is 30.9 Å². The van der Waals surface area contributed by atoms with Crippen LogP contribution in [0.1, 0.15) is 50.4 Å². The Morgan fingerprint density at radius 3 is 2.42 bits per heavy atom. The number of fused-ring (bicyclic) bond motifs is 2. The summed E-state index contributed by atoms with van der Waals surface area (Å²) in [6.45, 7) is -1.05. The number of amides is 2. The van der Waals surface area contributed by atoms with Gasteiger partial charge in [-0.1, -0.05) is 12.1 Å². The number of para-hydroxylation sites is 2. The smallest absolute Gasteiger partial charge is 0.338 e. The predicted octanol–water partition coefficient (Wildman–Crippen LogP) is 4.99. The summed E-state index contributed by atoms with van der Waals surface area (Å²) in [7, 11) is 0. The number of anilines is 1. The fourth-order valence-electron chi connectivity index (χ4n) is 4.09. The second-order valence-corrected chi connectivity index (χ2v) is 7.87. The van der Waals surface area contributed by atoms with Crippen LogP contribution in [0.5, 0.6) is 5.75 Å². The summed E-state index contributed by atoms with van der Waals surface area (Å²) in [6.07, 6.45) is 0. The molecule has 0 radical (unpaired) electrons. The Hall–Kier alpha value is -4.60. The van der Waals surface area contributed by atoms with Crippen molar-refractivity contribution in [3.05, 3.63) is 89.2 Å². The lowest BCUT2D eigenvalue weighted by Crippen LogP contribution is -2.29. The Bertz CT molecular complexity index is 1500. The van der Waals surface area contributed by atoms with Gasteiger partial charge in [-0.25, -0.2) is 14.7 Å². The zero-order valence-electron chi connectivity index (χ0n) is 19.0. The molecule has 182 valence electrons. The van der Waals surface area contributed by atoms with Crippen LogP contribution in [0.3, 0.4) is 0 Å². The highest BCUT2D eigenvalue weighted by atomic mass is 19.3. The maximum absolute atomic E-state index is 13.6. The van der Waals surface area contributed by atoms with Crippen LogP contribution in [0.2, 0.25) is 0 Å².